The summed E-state index contributed by atoms with van der Waals surface area (Å²) in [4.78, 5) is 21.9. The molecule has 3 atom stereocenters. The molecular weight excluding hydrogens is 476 g/mol. The average Bonchev–Trinajstić information content (AvgIpc) is 3.30. The maximum absolute atomic E-state index is 15.5. The Morgan fingerprint density at radius 3 is 2.83 bits per heavy atom. The van der Waals surface area contributed by atoms with Gasteiger partial charge in [0.15, 0.2) is 5.82 Å². The Kier molecular flexibility index (Phi) is 8.59. The molecule has 2 unspecified atom stereocenters. The number of nitrogens with one attached hydrogen (secondary N) is 1. The largest absolute Gasteiger partial charge is 0.379 e. The molecule has 1 amide bonds. The Morgan fingerprint density at radius 2 is 2.14 bits per heavy atom. The number of H-pyrrole nitrogens is 1. The van der Waals surface area contributed by atoms with Crippen LogP contribution in [-0.2, 0) is 22.4 Å². The highest BCUT2D eigenvalue weighted by Gasteiger charge is 2.29. The van der Waals surface area contributed by atoms with E-state index in [0.29, 0.717) is 43.2 Å². The van der Waals surface area contributed by atoms with Gasteiger partial charge in [-0.2, -0.15) is 5.10 Å². The molecule has 2 aromatic rings. The predicted octanol–water partition coefficient (Wildman–Crippen LogP) is 4.09. The van der Waals surface area contributed by atoms with E-state index in [4.69, 9.17) is 9.73 Å². The van der Waals surface area contributed by atoms with Gasteiger partial charge in [0, 0.05) is 36.7 Å². The van der Waals surface area contributed by atoms with Gasteiger partial charge in [-0.15, -0.1) is 9.24 Å². The lowest BCUT2D eigenvalue weighted by Gasteiger charge is -2.33. The van der Waals surface area contributed by atoms with Gasteiger partial charge in [0.2, 0.25) is 5.91 Å². The third-order valence-corrected chi connectivity index (χ3v) is 8.26. The molecule has 2 heterocycles. The van der Waals surface area contributed by atoms with Gasteiger partial charge >= 0.3 is 0 Å². The van der Waals surface area contributed by atoms with Crippen molar-refractivity contribution in [3.8, 4) is 0 Å². The van der Waals surface area contributed by atoms with Gasteiger partial charge in [0.05, 0.1) is 36.3 Å². The molecule has 0 radical (unpaired) electrons. The molecule has 36 heavy (non-hydrogen) atoms. The van der Waals surface area contributed by atoms with E-state index in [1.165, 1.54) is 16.2 Å². The molecule has 1 fully saturated rings. The van der Waals surface area contributed by atoms with Gasteiger partial charge in [-0.1, -0.05) is 20.3 Å². The first kappa shape index (κ1) is 26.9. The minimum absolute atomic E-state index is 0.150. The van der Waals surface area contributed by atoms with Crippen molar-refractivity contribution in [3.05, 3.63) is 34.4 Å². The zero-order chi connectivity index (χ0) is 26.0. The number of benzene rings is 1. The highest BCUT2D eigenvalue weighted by molar-refractivity contribution is 7.27. The fourth-order valence-corrected chi connectivity index (χ4v) is 5.43. The van der Waals surface area contributed by atoms with Crippen molar-refractivity contribution >= 4 is 37.5 Å². The number of hydrogen-bond acceptors (Lipinski definition) is 5. The first-order valence-corrected chi connectivity index (χ1v) is 13.6. The van der Waals surface area contributed by atoms with Crippen molar-refractivity contribution in [2.24, 2.45) is 10.9 Å². The zero-order valence-electron chi connectivity index (χ0n) is 22.2. The van der Waals surface area contributed by atoms with Crippen LogP contribution in [0.2, 0.25) is 0 Å². The molecule has 9 heteroatoms. The first-order valence-electron chi connectivity index (χ1n) is 13.0. The molecule has 1 saturated heterocycles. The summed E-state index contributed by atoms with van der Waals surface area (Å²) in [7, 11) is 4.14. The number of amides is 1. The monoisotopic (exact) mass is 515 g/mol. The second kappa shape index (κ2) is 11.5. The van der Waals surface area contributed by atoms with E-state index in [2.05, 4.69) is 38.2 Å². The molecule has 0 saturated carbocycles. The van der Waals surface area contributed by atoms with Crippen molar-refractivity contribution in [1.29, 1.82) is 0 Å². The van der Waals surface area contributed by atoms with Crippen LogP contribution in [0.15, 0.2) is 11.1 Å². The molecule has 1 aromatic carbocycles. The Labute approximate surface area is 216 Å². The third kappa shape index (κ3) is 5.41. The van der Waals surface area contributed by atoms with E-state index in [1.54, 1.807) is 13.1 Å². The number of aromatic amines is 1. The lowest BCUT2D eigenvalue weighted by molar-refractivity contribution is -0.124. The number of rotatable bonds is 7. The van der Waals surface area contributed by atoms with E-state index in [0.717, 1.165) is 49.1 Å². The van der Waals surface area contributed by atoms with Crippen molar-refractivity contribution in [3.63, 3.8) is 0 Å². The van der Waals surface area contributed by atoms with Crippen LogP contribution in [0.3, 0.4) is 0 Å². The number of hydrogen-bond donors (Lipinski definition) is 1. The Bertz CT molecular complexity index is 1140. The van der Waals surface area contributed by atoms with Crippen molar-refractivity contribution in [2.45, 2.75) is 65.8 Å². The van der Waals surface area contributed by atoms with Crippen molar-refractivity contribution in [2.75, 3.05) is 38.3 Å². The molecule has 1 aliphatic carbocycles. The number of aryl methyl sites for hydroxylation is 1. The summed E-state index contributed by atoms with van der Waals surface area (Å²) in [5.74, 6) is 0.0512. The van der Waals surface area contributed by atoms with Crippen LogP contribution in [0.5, 0.6) is 0 Å². The van der Waals surface area contributed by atoms with E-state index in [-0.39, 0.29) is 17.6 Å². The number of anilines is 1. The normalized spacial score (nSPS) is 19.8. The summed E-state index contributed by atoms with van der Waals surface area (Å²) >= 11 is 0. The van der Waals surface area contributed by atoms with Crippen LogP contribution in [0.25, 0.3) is 0 Å². The SMILES string of the molecule is CCC/C(=N\c1cc(N(C)C(=O)C(C)N2CCOCC2)c(F)c(P)c1C)c1n[nH]c2c1C[C@@H](C)CC2. The number of halogens is 1. The summed E-state index contributed by atoms with van der Waals surface area (Å²) < 4.78 is 20.9. The molecule has 0 spiro atoms. The van der Waals surface area contributed by atoms with Gasteiger partial charge < -0.3 is 9.64 Å². The Hall–Kier alpha value is -2.15. The van der Waals surface area contributed by atoms with E-state index >= 15 is 4.39 Å². The van der Waals surface area contributed by atoms with Crippen molar-refractivity contribution < 1.29 is 13.9 Å². The lowest BCUT2D eigenvalue weighted by atomic mass is 9.86. The average molecular weight is 516 g/mol. The topological polar surface area (TPSA) is 73.8 Å². The number of carbonyl (C=O) groups excluding carboxylic acids is 1. The molecule has 1 N–H and O–H groups in total. The van der Waals surface area contributed by atoms with Crippen LogP contribution >= 0.6 is 9.24 Å². The quantitative estimate of drug-likeness (QED) is 0.445. The zero-order valence-corrected chi connectivity index (χ0v) is 23.3. The van der Waals surface area contributed by atoms with E-state index < -0.39 is 5.82 Å². The number of morpholine rings is 1. The fourth-order valence-electron chi connectivity index (χ4n) is 5.14. The molecule has 0 bridgehead atoms. The lowest BCUT2D eigenvalue weighted by Crippen LogP contribution is -2.50. The smallest absolute Gasteiger partial charge is 0.243 e. The van der Waals surface area contributed by atoms with Gasteiger partial charge in [-0.05, 0) is 57.1 Å². The minimum Gasteiger partial charge on any atom is -0.379 e. The second-order valence-electron chi connectivity index (χ2n) is 10.2. The molecule has 1 aromatic heterocycles. The van der Waals surface area contributed by atoms with Crippen LogP contribution in [0.1, 0.15) is 62.5 Å². The summed E-state index contributed by atoms with van der Waals surface area (Å²) in [6.07, 6.45) is 4.85. The number of carbonyl (C=O) groups is 1. The first-order chi connectivity index (χ1) is 17.2. The Balaban J connectivity index is 1.71. The van der Waals surface area contributed by atoms with E-state index in [9.17, 15) is 4.79 Å². The molecule has 7 nitrogen and oxygen atoms in total. The number of nitrogens with zero attached hydrogens (tertiary/aromatic N) is 4. The highest BCUT2D eigenvalue weighted by Crippen LogP contribution is 2.32. The van der Waals surface area contributed by atoms with E-state index in [1.807, 2.05) is 13.8 Å². The van der Waals surface area contributed by atoms with Gasteiger partial charge in [-0.25, -0.2) is 4.39 Å². The second-order valence-corrected chi connectivity index (χ2v) is 10.8. The minimum atomic E-state index is -0.413. The maximum atomic E-state index is 15.5. The van der Waals surface area contributed by atoms with Crippen LogP contribution < -0.4 is 10.2 Å². The Morgan fingerprint density at radius 1 is 1.42 bits per heavy atom. The predicted molar refractivity (Wildman–Crippen MR) is 147 cm³/mol. The van der Waals surface area contributed by atoms with Crippen molar-refractivity contribution in [1.82, 2.24) is 15.1 Å². The summed E-state index contributed by atoms with van der Waals surface area (Å²) in [6, 6.07) is 1.34. The molecule has 1 aliphatic heterocycles. The fraction of sp³-hybridized carbons (Fsp3) is 0.593. The van der Waals surface area contributed by atoms with Gasteiger partial charge in [0.25, 0.3) is 0 Å². The highest BCUT2D eigenvalue weighted by atomic mass is 31.0. The maximum Gasteiger partial charge on any atom is 0.243 e. The standard InChI is InChI=1S/C27H39FN5O2P/c1-6-7-21(25-19-14-16(2)8-9-20(19)30-31-25)29-22-15-23(24(28)26(36)17(22)3)32(5)27(34)18(4)33-10-12-35-13-11-33/h15-16,18H,6-14,36H2,1-5H3,(H,30,31)/b29-21+/t16-,18?/m0/s1. The van der Waals surface area contributed by atoms with Crippen LogP contribution in [0.4, 0.5) is 15.8 Å². The molecule has 2 aliphatic rings. The molecule has 196 valence electrons. The number of aromatic nitrogens is 2. The molecular formula is C27H39FN5O2P. The number of aliphatic imine (C=N–C) groups is 1. The van der Waals surface area contributed by atoms with Crippen LogP contribution in [-0.4, -0.2) is 66.1 Å². The molecule has 4 rings (SSSR count). The third-order valence-electron chi connectivity index (χ3n) is 7.57. The van der Waals surface area contributed by atoms with Gasteiger partial charge in [-0.3, -0.25) is 19.8 Å². The summed E-state index contributed by atoms with van der Waals surface area (Å²) in [5.41, 5.74) is 5.96. The number of ether oxygens (including phenoxy) is 1. The number of fused-ring (bicyclic) bond motifs is 1. The van der Waals surface area contributed by atoms with Gasteiger partial charge in [0.1, 0.15) is 5.69 Å². The number of likely N-dealkylation sites (N-methyl/N-ethyl adjacent to an activating group) is 1. The summed E-state index contributed by atoms with van der Waals surface area (Å²) in [5, 5.41) is 8.32. The summed E-state index contributed by atoms with van der Waals surface area (Å²) in [6.45, 7) is 10.7. The van der Waals surface area contributed by atoms with Crippen LogP contribution in [0, 0.1) is 18.7 Å².